The summed E-state index contributed by atoms with van der Waals surface area (Å²) in [4.78, 5) is 23.1. The van der Waals surface area contributed by atoms with E-state index in [2.05, 4.69) is 19.9 Å². The van der Waals surface area contributed by atoms with Gasteiger partial charge in [-0.1, -0.05) is 25.5 Å². The molecule has 6 nitrogen and oxygen atoms in total. The van der Waals surface area contributed by atoms with Crippen LogP contribution in [0, 0.1) is 28.6 Å². The maximum atomic E-state index is 12.3. The fourth-order valence-corrected chi connectivity index (χ4v) is 7.74. The normalized spacial score (nSPS) is 43.9. The van der Waals surface area contributed by atoms with Gasteiger partial charge in [-0.05, 0) is 68.1 Å². The molecule has 4 aliphatic rings. The van der Waals surface area contributed by atoms with Gasteiger partial charge in [-0.2, -0.15) is 0 Å². The highest BCUT2D eigenvalue weighted by Crippen LogP contribution is 2.65. The summed E-state index contributed by atoms with van der Waals surface area (Å²) in [6.45, 7) is 4.78. The van der Waals surface area contributed by atoms with Gasteiger partial charge in [-0.25, -0.2) is 0 Å². The Kier molecular flexibility index (Phi) is 6.25. The van der Waals surface area contributed by atoms with Crippen LogP contribution in [0.4, 0.5) is 0 Å². The van der Waals surface area contributed by atoms with E-state index in [1.165, 1.54) is 12.8 Å². The molecule has 0 saturated heterocycles. The number of hydrogen-bond donors (Lipinski definition) is 1. The Bertz CT molecular complexity index is 746. The summed E-state index contributed by atoms with van der Waals surface area (Å²) in [5.41, 5.74) is 1.82. The third-order valence-electron chi connectivity index (χ3n) is 9.38. The van der Waals surface area contributed by atoms with Gasteiger partial charge in [0.05, 0.1) is 25.0 Å². The molecular weight excluding hydrogens is 396 g/mol. The SMILES string of the molecule is COC1CCC2(C)C(=CCC3C2CCC2(C)C3CC(OC(=O)CCC(=O)O)C2OC)C1. The topological polar surface area (TPSA) is 82.1 Å². The van der Waals surface area contributed by atoms with Gasteiger partial charge in [0.1, 0.15) is 6.10 Å². The van der Waals surface area contributed by atoms with Crippen LogP contribution in [0.25, 0.3) is 0 Å². The second kappa shape index (κ2) is 8.51. The number of hydrogen-bond acceptors (Lipinski definition) is 5. The summed E-state index contributed by atoms with van der Waals surface area (Å²) in [6, 6.07) is 0. The van der Waals surface area contributed by atoms with E-state index in [4.69, 9.17) is 19.3 Å². The van der Waals surface area contributed by atoms with E-state index in [1.54, 1.807) is 12.7 Å². The molecule has 1 N–H and O–H groups in total. The van der Waals surface area contributed by atoms with Gasteiger partial charge >= 0.3 is 11.9 Å². The summed E-state index contributed by atoms with van der Waals surface area (Å²) >= 11 is 0. The molecule has 174 valence electrons. The lowest BCUT2D eigenvalue weighted by Gasteiger charge is -2.57. The van der Waals surface area contributed by atoms with Crippen LogP contribution < -0.4 is 0 Å². The molecule has 3 fully saturated rings. The van der Waals surface area contributed by atoms with E-state index in [-0.39, 0.29) is 35.9 Å². The van der Waals surface area contributed by atoms with Crippen molar-refractivity contribution in [2.24, 2.45) is 28.6 Å². The van der Waals surface area contributed by atoms with Crippen LogP contribution in [0.3, 0.4) is 0 Å². The van der Waals surface area contributed by atoms with E-state index >= 15 is 0 Å². The molecule has 0 bridgehead atoms. The predicted octanol–water partition coefficient (Wildman–Crippen LogP) is 4.37. The van der Waals surface area contributed by atoms with Crippen LogP contribution in [-0.4, -0.2) is 49.6 Å². The summed E-state index contributed by atoms with van der Waals surface area (Å²) in [6.07, 6.45) is 9.68. The number of aliphatic carboxylic acids is 1. The summed E-state index contributed by atoms with van der Waals surface area (Å²) in [5.74, 6) is 0.276. The van der Waals surface area contributed by atoms with Crippen molar-refractivity contribution in [3.8, 4) is 0 Å². The Morgan fingerprint density at radius 1 is 1.10 bits per heavy atom. The molecule has 8 atom stereocenters. The quantitative estimate of drug-likeness (QED) is 0.494. The highest BCUT2D eigenvalue weighted by molar-refractivity contribution is 5.76. The van der Waals surface area contributed by atoms with E-state index in [0.717, 1.165) is 32.1 Å². The smallest absolute Gasteiger partial charge is 0.306 e. The Labute approximate surface area is 185 Å². The number of methoxy groups -OCH3 is 2. The van der Waals surface area contributed by atoms with Crippen molar-refractivity contribution in [2.45, 2.75) is 89.9 Å². The molecule has 8 unspecified atom stereocenters. The fraction of sp³-hybridized carbons (Fsp3) is 0.840. The van der Waals surface area contributed by atoms with Gasteiger partial charge in [0.2, 0.25) is 0 Å². The average Bonchev–Trinajstić information content (AvgIpc) is 3.02. The molecule has 4 rings (SSSR count). The van der Waals surface area contributed by atoms with Crippen LogP contribution in [0.15, 0.2) is 11.6 Å². The van der Waals surface area contributed by atoms with E-state index in [0.29, 0.717) is 23.9 Å². The Morgan fingerprint density at radius 3 is 2.55 bits per heavy atom. The third kappa shape index (κ3) is 3.84. The first kappa shape index (κ1) is 22.8. The van der Waals surface area contributed by atoms with Crippen molar-refractivity contribution in [2.75, 3.05) is 14.2 Å². The van der Waals surface area contributed by atoms with Gasteiger partial charge in [-0.15, -0.1) is 0 Å². The molecule has 6 heteroatoms. The van der Waals surface area contributed by atoms with Gasteiger partial charge in [0.15, 0.2) is 0 Å². The average molecular weight is 435 g/mol. The number of allylic oxidation sites excluding steroid dienone is 1. The van der Waals surface area contributed by atoms with Crippen LogP contribution in [0.2, 0.25) is 0 Å². The van der Waals surface area contributed by atoms with E-state index in [1.807, 2.05) is 7.11 Å². The van der Waals surface area contributed by atoms with Crippen molar-refractivity contribution in [1.29, 1.82) is 0 Å². The molecule has 31 heavy (non-hydrogen) atoms. The zero-order chi connectivity index (χ0) is 22.4. The monoisotopic (exact) mass is 434 g/mol. The maximum absolute atomic E-state index is 12.3. The Hall–Kier alpha value is -1.40. The first-order valence-corrected chi connectivity index (χ1v) is 11.9. The van der Waals surface area contributed by atoms with Crippen LogP contribution >= 0.6 is 0 Å². The lowest BCUT2D eigenvalue weighted by Crippen LogP contribution is -2.51. The van der Waals surface area contributed by atoms with Crippen molar-refractivity contribution in [1.82, 2.24) is 0 Å². The standard InChI is InChI=1S/C25H38O6/c1-24-11-9-16(29-3)13-15(24)5-6-17-18(24)10-12-25(2)19(17)14-20(23(25)30-4)31-22(28)8-7-21(26)27/h5,16-20,23H,6-14H2,1-4H3,(H,26,27). The highest BCUT2D eigenvalue weighted by atomic mass is 16.6. The van der Waals surface area contributed by atoms with E-state index in [9.17, 15) is 9.59 Å². The van der Waals surface area contributed by atoms with Gasteiger partial charge in [0.25, 0.3) is 0 Å². The number of esters is 1. The number of carbonyl (C=O) groups is 2. The number of carboxylic acids is 1. The number of ether oxygens (including phenoxy) is 3. The third-order valence-corrected chi connectivity index (χ3v) is 9.38. The fourth-order valence-electron chi connectivity index (χ4n) is 7.74. The molecule has 0 heterocycles. The van der Waals surface area contributed by atoms with Crippen molar-refractivity contribution in [3.05, 3.63) is 11.6 Å². The Balaban J connectivity index is 1.54. The summed E-state index contributed by atoms with van der Waals surface area (Å²) in [7, 11) is 3.54. The molecular formula is C25H38O6. The molecule has 0 aromatic heterocycles. The van der Waals surface area contributed by atoms with Gasteiger partial charge in [-0.3, -0.25) is 9.59 Å². The summed E-state index contributed by atoms with van der Waals surface area (Å²) in [5, 5.41) is 8.87. The maximum Gasteiger partial charge on any atom is 0.306 e. The summed E-state index contributed by atoms with van der Waals surface area (Å²) < 4.78 is 17.4. The second-order valence-corrected chi connectivity index (χ2v) is 10.7. The molecule has 0 amide bonds. The Morgan fingerprint density at radius 2 is 1.87 bits per heavy atom. The van der Waals surface area contributed by atoms with Crippen LogP contribution in [0.5, 0.6) is 0 Å². The molecule has 0 radical (unpaired) electrons. The first-order valence-electron chi connectivity index (χ1n) is 11.9. The zero-order valence-corrected chi connectivity index (χ0v) is 19.4. The molecule has 0 spiro atoms. The minimum Gasteiger partial charge on any atom is -0.481 e. The zero-order valence-electron chi connectivity index (χ0n) is 19.4. The molecule has 3 saturated carbocycles. The number of fused-ring (bicyclic) bond motifs is 5. The van der Waals surface area contributed by atoms with Crippen molar-refractivity contribution in [3.63, 3.8) is 0 Å². The second-order valence-electron chi connectivity index (χ2n) is 10.7. The minimum atomic E-state index is -0.976. The molecule has 0 aliphatic heterocycles. The van der Waals surface area contributed by atoms with Crippen molar-refractivity contribution >= 4 is 11.9 Å². The van der Waals surface area contributed by atoms with Crippen LogP contribution in [-0.2, 0) is 23.8 Å². The van der Waals surface area contributed by atoms with Crippen molar-refractivity contribution < 1.29 is 28.9 Å². The first-order chi connectivity index (χ1) is 14.7. The lowest BCUT2D eigenvalue weighted by molar-refractivity contribution is -0.160. The molecule has 0 aromatic carbocycles. The largest absolute Gasteiger partial charge is 0.481 e. The number of carbonyl (C=O) groups excluding carboxylic acids is 1. The predicted molar refractivity (Wildman–Crippen MR) is 115 cm³/mol. The van der Waals surface area contributed by atoms with Crippen LogP contribution in [0.1, 0.15) is 71.6 Å². The number of carboxylic acid groups (broad SMARTS) is 1. The molecule has 4 aliphatic carbocycles. The van der Waals surface area contributed by atoms with Gasteiger partial charge in [0, 0.05) is 19.6 Å². The lowest BCUT2D eigenvalue weighted by atomic mass is 9.48. The number of rotatable bonds is 6. The van der Waals surface area contributed by atoms with Gasteiger partial charge < -0.3 is 19.3 Å². The highest BCUT2D eigenvalue weighted by Gasteiger charge is 2.62. The van der Waals surface area contributed by atoms with E-state index < -0.39 is 11.9 Å². The minimum absolute atomic E-state index is 0.0148. The molecule has 0 aromatic rings.